The molecular formula is C18H25NO4S. The second kappa shape index (κ2) is 7.23. The zero-order valence-electron chi connectivity index (χ0n) is 14.3. The quantitative estimate of drug-likeness (QED) is 0.610. The van der Waals surface area contributed by atoms with Gasteiger partial charge in [0.15, 0.2) is 0 Å². The van der Waals surface area contributed by atoms with Crippen molar-refractivity contribution >= 4 is 18.3 Å². The molecule has 2 aliphatic rings. The Balaban J connectivity index is 1.66. The molecule has 0 unspecified atom stereocenters. The van der Waals surface area contributed by atoms with Gasteiger partial charge in [-0.2, -0.15) is 0 Å². The van der Waals surface area contributed by atoms with Crippen LogP contribution in [0.5, 0.6) is 5.75 Å². The molecule has 6 heteroatoms. The SMILES string of the molecule is CC1(C)Cc2cccc(CN(SOC3CCCCC3)C(=O)O)c2O1. The summed E-state index contributed by atoms with van der Waals surface area (Å²) in [6, 6.07) is 5.94. The van der Waals surface area contributed by atoms with Crippen molar-refractivity contribution in [3.05, 3.63) is 29.3 Å². The van der Waals surface area contributed by atoms with Gasteiger partial charge in [0.05, 0.1) is 12.6 Å². The molecule has 0 bridgehead atoms. The standard InChI is InChI=1S/C18H25NO4S/c1-18(2)11-13-7-6-8-14(16(13)22-18)12-19(17(20)21)24-23-15-9-4-3-5-10-15/h6-8,15H,3-5,9-12H2,1-2H3,(H,20,21). The van der Waals surface area contributed by atoms with Crippen molar-refractivity contribution in [3.63, 3.8) is 0 Å². The van der Waals surface area contributed by atoms with E-state index in [-0.39, 0.29) is 18.2 Å². The third-order valence-corrected chi connectivity index (χ3v) is 5.34. The Morgan fingerprint density at radius 1 is 1.38 bits per heavy atom. The molecule has 1 aliphatic carbocycles. The van der Waals surface area contributed by atoms with Crippen molar-refractivity contribution in [3.8, 4) is 5.75 Å². The molecule has 1 aromatic rings. The van der Waals surface area contributed by atoms with E-state index in [9.17, 15) is 9.90 Å². The van der Waals surface area contributed by atoms with Gasteiger partial charge < -0.3 is 9.84 Å². The first-order chi connectivity index (χ1) is 11.4. The maximum atomic E-state index is 11.6. The van der Waals surface area contributed by atoms with E-state index in [0.29, 0.717) is 0 Å². The van der Waals surface area contributed by atoms with Crippen LogP contribution in [-0.4, -0.2) is 27.2 Å². The fourth-order valence-corrected chi connectivity index (χ4v) is 4.03. The second-order valence-electron chi connectivity index (χ2n) is 7.19. The fourth-order valence-electron chi connectivity index (χ4n) is 3.36. The molecule has 132 valence electrons. The molecule has 0 spiro atoms. The number of benzene rings is 1. The molecule has 1 saturated carbocycles. The third-order valence-electron chi connectivity index (χ3n) is 4.52. The van der Waals surface area contributed by atoms with Crippen molar-refractivity contribution in [1.82, 2.24) is 4.31 Å². The minimum atomic E-state index is -0.995. The summed E-state index contributed by atoms with van der Waals surface area (Å²) in [7, 11) is 0. The van der Waals surface area contributed by atoms with Crippen LogP contribution >= 0.6 is 12.2 Å². The summed E-state index contributed by atoms with van der Waals surface area (Å²) >= 11 is 0.955. The van der Waals surface area contributed by atoms with Gasteiger partial charge in [0.1, 0.15) is 23.6 Å². The number of hydrogen-bond donors (Lipinski definition) is 1. The minimum Gasteiger partial charge on any atom is -0.487 e. The Labute approximate surface area is 147 Å². The normalized spacial score (nSPS) is 19.6. The van der Waals surface area contributed by atoms with Crippen LogP contribution in [-0.2, 0) is 17.1 Å². The third kappa shape index (κ3) is 4.16. The molecule has 0 atom stereocenters. The molecule has 1 amide bonds. The molecule has 0 aromatic heterocycles. The van der Waals surface area contributed by atoms with Gasteiger partial charge in [-0.15, -0.1) is 0 Å². The van der Waals surface area contributed by atoms with Gasteiger partial charge >= 0.3 is 6.09 Å². The van der Waals surface area contributed by atoms with E-state index >= 15 is 0 Å². The Bertz CT molecular complexity index is 599. The molecule has 1 N–H and O–H groups in total. The van der Waals surface area contributed by atoms with Crippen LogP contribution in [0.15, 0.2) is 18.2 Å². The maximum absolute atomic E-state index is 11.6. The average molecular weight is 351 g/mol. The van der Waals surface area contributed by atoms with Crippen LogP contribution in [0.4, 0.5) is 4.79 Å². The van der Waals surface area contributed by atoms with E-state index in [1.807, 2.05) is 32.0 Å². The highest BCUT2D eigenvalue weighted by Gasteiger charge is 2.32. The fraction of sp³-hybridized carbons (Fsp3) is 0.611. The van der Waals surface area contributed by atoms with Crippen LogP contribution in [0.2, 0.25) is 0 Å². The molecule has 0 saturated heterocycles. The highest BCUT2D eigenvalue weighted by molar-refractivity contribution is 7.92. The lowest BCUT2D eigenvalue weighted by Crippen LogP contribution is -2.26. The summed E-state index contributed by atoms with van der Waals surface area (Å²) in [6.45, 7) is 4.35. The number of fused-ring (bicyclic) bond motifs is 1. The maximum Gasteiger partial charge on any atom is 0.419 e. The van der Waals surface area contributed by atoms with Gasteiger partial charge in [-0.05, 0) is 32.3 Å². The van der Waals surface area contributed by atoms with E-state index in [4.69, 9.17) is 8.92 Å². The van der Waals surface area contributed by atoms with Crippen LogP contribution in [0.3, 0.4) is 0 Å². The molecule has 5 nitrogen and oxygen atoms in total. The summed E-state index contributed by atoms with van der Waals surface area (Å²) in [5.41, 5.74) is 1.79. The van der Waals surface area contributed by atoms with Crippen LogP contribution in [0.1, 0.15) is 57.1 Å². The summed E-state index contributed by atoms with van der Waals surface area (Å²) < 4.78 is 13.0. The molecule has 1 aromatic carbocycles. The van der Waals surface area contributed by atoms with Crippen molar-refractivity contribution in [1.29, 1.82) is 0 Å². The number of ether oxygens (including phenoxy) is 1. The lowest BCUT2D eigenvalue weighted by atomic mass is 9.98. The predicted octanol–water partition coefficient (Wildman–Crippen LogP) is 4.79. The molecule has 24 heavy (non-hydrogen) atoms. The number of para-hydroxylation sites is 1. The highest BCUT2D eigenvalue weighted by Crippen LogP contribution is 2.38. The largest absolute Gasteiger partial charge is 0.487 e. The van der Waals surface area contributed by atoms with E-state index in [1.54, 1.807) is 0 Å². The number of amides is 1. The smallest absolute Gasteiger partial charge is 0.419 e. The van der Waals surface area contributed by atoms with Crippen molar-refractivity contribution in [2.24, 2.45) is 0 Å². The van der Waals surface area contributed by atoms with Gasteiger partial charge in [0.2, 0.25) is 0 Å². The van der Waals surface area contributed by atoms with E-state index < -0.39 is 6.09 Å². The lowest BCUT2D eigenvalue weighted by molar-refractivity contribution is 0.135. The number of carboxylic acid groups (broad SMARTS) is 1. The zero-order chi connectivity index (χ0) is 17.2. The number of hydrogen-bond acceptors (Lipinski definition) is 4. The Morgan fingerprint density at radius 3 is 2.83 bits per heavy atom. The second-order valence-corrected chi connectivity index (χ2v) is 7.98. The summed E-state index contributed by atoms with van der Waals surface area (Å²) in [4.78, 5) is 11.6. The topological polar surface area (TPSA) is 59.0 Å². The van der Waals surface area contributed by atoms with Gasteiger partial charge in [-0.3, -0.25) is 4.18 Å². The van der Waals surface area contributed by atoms with Gasteiger partial charge in [-0.25, -0.2) is 9.10 Å². The monoisotopic (exact) mass is 351 g/mol. The molecule has 3 rings (SSSR count). The summed E-state index contributed by atoms with van der Waals surface area (Å²) in [6.07, 6.45) is 5.59. The molecule has 1 aliphatic heterocycles. The first kappa shape index (κ1) is 17.4. The van der Waals surface area contributed by atoms with Crippen molar-refractivity contribution in [2.75, 3.05) is 0 Å². The number of carbonyl (C=O) groups is 1. The molecule has 1 fully saturated rings. The Morgan fingerprint density at radius 2 is 2.12 bits per heavy atom. The highest BCUT2D eigenvalue weighted by atomic mass is 32.2. The van der Waals surface area contributed by atoms with E-state index in [0.717, 1.165) is 61.2 Å². The molecule has 1 heterocycles. The number of nitrogens with zero attached hydrogens (tertiary/aromatic N) is 1. The molecule has 0 radical (unpaired) electrons. The van der Waals surface area contributed by atoms with Gasteiger partial charge in [-0.1, -0.05) is 37.5 Å². The van der Waals surface area contributed by atoms with Crippen LogP contribution in [0, 0.1) is 0 Å². The van der Waals surface area contributed by atoms with E-state index in [1.165, 1.54) is 10.7 Å². The van der Waals surface area contributed by atoms with Crippen molar-refractivity contribution in [2.45, 2.75) is 70.6 Å². The first-order valence-corrected chi connectivity index (χ1v) is 9.28. The van der Waals surface area contributed by atoms with Crippen LogP contribution < -0.4 is 4.74 Å². The average Bonchev–Trinajstić information content (AvgIpc) is 2.86. The summed E-state index contributed by atoms with van der Waals surface area (Å²) in [5, 5.41) is 9.50. The van der Waals surface area contributed by atoms with Gasteiger partial charge in [0.25, 0.3) is 0 Å². The predicted molar refractivity (Wildman–Crippen MR) is 94.0 cm³/mol. The zero-order valence-corrected chi connectivity index (χ0v) is 15.1. The van der Waals surface area contributed by atoms with Crippen molar-refractivity contribution < 1.29 is 18.8 Å². The van der Waals surface area contributed by atoms with Gasteiger partial charge in [0, 0.05) is 12.0 Å². The lowest BCUT2D eigenvalue weighted by Gasteiger charge is -2.24. The Kier molecular flexibility index (Phi) is 5.25. The Hall–Kier alpha value is -1.40. The first-order valence-electron chi connectivity index (χ1n) is 8.58. The van der Waals surface area contributed by atoms with Crippen LogP contribution in [0.25, 0.3) is 0 Å². The summed E-state index contributed by atoms with van der Waals surface area (Å²) in [5.74, 6) is 0.826. The number of rotatable bonds is 5. The van der Waals surface area contributed by atoms with E-state index in [2.05, 4.69) is 0 Å². The minimum absolute atomic E-state index is 0.155. The molecular weight excluding hydrogens is 326 g/mol.